The lowest BCUT2D eigenvalue weighted by Gasteiger charge is -2.25. The predicted molar refractivity (Wildman–Crippen MR) is 97.4 cm³/mol. The maximum absolute atomic E-state index is 9.84. The molecule has 0 amide bonds. The van der Waals surface area contributed by atoms with Crippen LogP contribution in [0.2, 0.25) is 0 Å². The van der Waals surface area contributed by atoms with Gasteiger partial charge in [0.05, 0.1) is 12.1 Å². The molecule has 0 radical (unpaired) electrons. The molecule has 0 aliphatic heterocycles. The van der Waals surface area contributed by atoms with Crippen molar-refractivity contribution in [2.45, 2.75) is 37.8 Å². The van der Waals surface area contributed by atoms with E-state index in [4.69, 9.17) is 0 Å². The molecule has 0 heterocycles. The number of hydrogen-bond donors (Lipinski definition) is 2. The molecule has 1 fully saturated rings. The van der Waals surface area contributed by atoms with Crippen LogP contribution in [-0.4, -0.2) is 34.7 Å². The molecule has 1 aliphatic carbocycles. The lowest BCUT2D eigenvalue weighted by Crippen LogP contribution is -2.27. The van der Waals surface area contributed by atoms with E-state index < -0.39 is 0 Å². The number of rotatable bonds is 4. The van der Waals surface area contributed by atoms with Gasteiger partial charge in [0.15, 0.2) is 0 Å². The summed E-state index contributed by atoms with van der Waals surface area (Å²) < 4.78 is 0. The monoisotopic (exact) mass is 322 g/mol. The quantitative estimate of drug-likeness (QED) is 0.837. The number of hydrogen-bond acceptors (Lipinski definition) is 4. The maximum atomic E-state index is 9.84. The molecule has 24 heavy (non-hydrogen) atoms. The Hall–Kier alpha value is -2.62. The molecule has 2 atom stereocenters. The molecule has 0 aromatic heterocycles. The van der Waals surface area contributed by atoms with E-state index in [2.05, 4.69) is 9.98 Å². The van der Waals surface area contributed by atoms with Crippen LogP contribution in [0.5, 0.6) is 11.5 Å². The van der Waals surface area contributed by atoms with Gasteiger partial charge in [-0.05, 0) is 37.1 Å². The fourth-order valence-corrected chi connectivity index (χ4v) is 2.98. The van der Waals surface area contributed by atoms with E-state index in [-0.39, 0.29) is 23.6 Å². The van der Waals surface area contributed by atoms with Crippen LogP contribution in [0, 0.1) is 0 Å². The Morgan fingerprint density at radius 3 is 1.54 bits per heavy atom. The molecule has 1 aliphatic rings. The van der Waals surface area contributed by atoms with Gasteiger partial charge >= 0.3 is 0 Å². The summed E-state index contributed by atoms with van der Waals surface area (Å²) in [6.45, 7) is 0. The van der Waals surface area contributed by atoms with Gasteiger partial charge in [0, 0.05) is 23.6 Å². The Morgan fingerprint density at radius 1 is 0.708 bits per heavy atom. The van der Waals surface area contributed by atoms with Crippen molar-refractivity contribution in [1.82, 2.24) is 0 Å². The van der Waals surface area contributed by atoms with Gasteiger partial charge in [0.1, 0.15) is 11.5 Å². The van der Waals surface area contributed by atoms with E-state index in [0.717, 1.165) is 36.8 Å². The van der Waals surface area contributed by atoms with Gasteiger partial charge in [-0.25, -0.2) is 0 Å². The summed E-state index contributed by atoms with van der Waals surface area (Å²) in [7, 11) is 0. The molecule has 0 saturated heterocycles. The van der Waals surface area contributed by atoms with Gasteiger partial charge in [-0.1, -0.05) is 37.1 Å². The van der Waals surface area contributed by atoms with Crippen LogP contribution >= 0.6 is 0 Å². The Balaban J connectivity index is 1.74. The second kappa shape index (κ2) is 7.77. The average Bonchev–Trinajstić information content (AvgIpc) is 2.61. The van der Waals surface area contributed by atoms with Crippen LogP contribution in [0.4, 0.5) is 0 Å². The summed E-state index contributed by atoms with van der Waals surface area (Å²) in [6, 6.07) is 14.6. The Morgan fingerprint density at radius 2 is 1.12 bits per heavy atom. The fraction of sp³-hybridized carbons (Fsp3) is 0.300. The summed E-state index contributed by atoms with van der Waals surface area (Å²) in [5.41, 5.74) is 1.46. The first kappa shape index (κ1) is 16.2. The maximum Gasteiger partial charge on any atom is 0.124 e. The van der Waals surface area contributed by atoms with Crippen molar-refractivity contribution in [2.75, 3.05) is 0 Å². The van der Waals surface area contributed by atoms with Crippen molar-refractivity contribution in [3.63, 3.8) is 0 Å². The summed E-state index contributed by atoms with van der Waals surface area (Å²) >= 11 is 0. The molecular formula is C20H22N2O2. The van der Waals surface area contributed by atoms with Crippen LogP contribution < -0.4 is 0 Å². The lowest BCUT2D eigenvalue weighted by atomic mass is 9.91. The SMILES string of the molecule is Oc1ccccc1/C=N/[C@@H]1CCCC[C@H]1/N=C/c1ccccc1O. The van der Waals surface area contributed by atoms with Crippen LogP contribution in [0.1, 0.15) is 36.8 Å². The standard InChI is InChI=1S/C20H22N2O2/c23-19-11-5-1-7-15(19)13-21-17-9-3-4-10-18(17)22-14-16-8-2-6-12-20(16)24/h1-2,5-8,11-14,17-18,23-24H,3-4,9-10H2/b21-13+,22-14+/t17-,18-/m1/s1. The summed E-state index contributed by atoms with van der Waals surface area (Å²) in [6.07, 6.45) is 7.76. The van der Waals surface area contributed by atoms with Crippen LogP contribution in [0.15, 0.2) is 58.5 Å². The number of para-hydroxylation sites is 2. The minimum absolute atomic E-state index is 0.112. The summed E-state index contributed by atoms with van der Waals surface area (Å²) in [5, 5.41) is 19.7. The van der Waals surface area contributed by atoms with Crippen molar-refractivity contribution in [3.8, 4) is 11.5 Å². The molecular weight excluding hydrogens is 300 g/mol. The first-order valence-corrected chi connectivity index (χ1v) is 8.36. The Bertz CT molecular complexity index is 676. The fourth-order valence-electron chi connectivity index (χ4n) is 2.98. The summed E-state index contributed by atoms with van der Waals surface area (Å²) in [4.78, 5) is 9.34. The van der Waals surface area contributed by atoms with Gasteiger partial charge in [-0.2, -0.15) is 0 Å². The third-order valence-corrected chi connectivity index (χ3v) is 4.38. The van der Waals surface area contributed by atoms with E-state index in [1.165, 1.54) is 0 Å². The van der Waals surface area contributed by atoms with E-state index in [9.17, 15) is 10.2 Å². The number of phenolic OH excluding ortho intramolecular Hbond substituents is 2. The number of nitrogens with zero attached hydrogens (tertiary/aromatic N) is 2. The number of benzene rings is 2. The van der Waals surface area contributed by atoms with Crippen molar-refractivity contribution in [3.05, 3.63) is 59.7 Å². The van der Waals surface area contributed by atoms with Gasteiger partial charge in [0.25, 0.3) is 0 Å². The van der Waals surface area contributed by atoms with E-state index in [1.54, 1.807) is 36.7 Å². The van der Waals surface area contributed by atoms with Crippen LogP contribution in [-0.2, 0) is 0 Å². The first-order valence-electron chi connectivity index (χ1n) is 8.36. The summed E-state index contributed by atoms with van der Waals surface area (Å²) in [5.74, 6) is 0.484. The van der Waals surface area contributed by atoms with E-state index >= 15 is 0 Å². The third kappa shape index (κ3) is 4.02. The molecule has 4 heteroatoms. The highest BCUT2D eigenvalue weighted by Gasteiger charge is 2.23. The Labute approximate surface area is 142 Å². The zero-order chi connectivity index (χ0) is 16.8. The molecule has 3 rings (SSSR count). The molecule has 0 spiro atoms. The number of aliphatic imine (C=N–C) groups is 2. The average molecular weight is 322 g/mol. The molecule has 124 valence electrons. The molecule has 0 bridgehead atoms. The Kier molecular flexibility index (Phi) is 5.26. The highest BCUT2D eigenvalue weighted by atomic mass is 16.3. The second-order valence-corrected chi connectivity index (χ2v) is 6.09. The molecule has 2 aromatic rings. The third-order valence-electron chi connectivity index (χ3n) is 4.38. The van der Waals surface area contributed by atoms with E-state index in [1.807, 2.05) is 24.3 Å². The van der Waals surface area contributed by atoms with E-state index in [0.29, 0.717) is 0 Å². The predicted octanol–water partition coefficient (Wildman–Crippen LogP) is 3.95. The van der Waals surface area contributed by atoms with Gasteiger partial charge in [-0.3, -0.25) is 9.98 Å². The zero-order valence-corrected chi connectivity index (χ0v) is 13.5. The highest BCUT2D eigenvalue weighted by molar-refractivity contribution is 5.84. The zero-order valence-electron chi connectivity index (χ0n) is 13.5. The second-order valence-electron chi connectivity index (χ2n) is 6.09. The van der Waals surface area contributed by atoms with Crippen LogP contribution in [0.3, 0.4) is 0 Å². The molecule has 2 aromatic carbocycles. The molecule has 2 N–H and O–H groups in total. The van der Waals surface area contributed by atoms with Gasteiger partial charge in [-0.15, -0.1) is 0 Å². The minimum atomic E-state index is 0.112. The number of aromatic hydroxyl groups is 2. The smallest absolute Gasteiger partial charge is 0.124 e. The van der Waals surface area contributed by atoms with Crippen molar-refractivity contribution in [2.24, 2.45) is 9.98 Å². The van der Waals surface area contributed by atoms with Crippen molar-refractivity contribution < 1.29 is 10.2 Å². The lowest BCUT2D eigenvalue weighted by molar-refractivity contribution is 0.390. The van der Waals surface area contributed by atoms with Gasteiger partial charge < -0.3 is 10.2 Å². The van der Waals surface area contributed by atoms with Crippen molar-refractivity contribution >= 4 is 12.4 Å². The first-order chi connectivity index (χ1) is 11.7. The largest absolute Gasteiger partial charge is 0.507 e. The molecule has 0 unspecified atom stereocenters. The van der Waals surface area contributed by atoms with Crippen molar-refractivity contribution in [1.29, 1.82) is 0 Å². The minimum Gasteiger partial charge on any atom is -0.507 e. The molecule has 1 saturated carbocycles. The number of phenols is 2. The van der Waals surface area contributed by atoms with Gasteiger partial charge in [0.2, 0.25) is 0 Å². The van der Waals surface area contributed by atoms with Crippen LogP contribution in [0.25, 0.3) is 0 Å². The topological polar surface area (TPSA) is 65.2 Å². The highest BCUT2D eigenvalue weighted by Crippen LogP contribution is 2.25. The normalized spacial score (nSPS) is 21.5. The molecule has 4 nitrogen and oxygen atoms in total.